The average molecular weight is 357 g/mol. The van der Waals surface area contributed by atoms with Gasteiger partial charge in [0.1, 0.15) is 17.1 Å². The van der Waals surface area contributed by atoms with E-state index in [9.17, 15) is 0 Å². The van der Waals surface area contributed by atoms with Gasteiger partial charge >= 0.3 is 0 Å². The lowest BCUT2D eigenvalue weighted by molar-refractivity contribution is 0.341. The van der Waals surface area contributed by atoms with Gasteiger partial charge in [-0.25, -0.2) is 4.98 Å². The van der Waals surface area contributed by atoms with Gasteiger partial charge in [0.25, 0.3) is 0 Å². The third-order valence-electron chi connectivity index (χ3n) is 3.69. The molecule has 0 saturated carbocycles. The number of benzene rings is 1. The van der Waals surface area contributed by atoms with Gasteiger partial charge in [-0.2, -0.15) is 0 Å². The van der Waals surface area contributed by atoms with Crippen LogP contribution in [-0.4, -0.2) is 16.0 Å². The first kappa shape index (κ1) is 17.4. The van der Waals surface area contributed by atoms with E-state index in [0.717, 1.165) is 11.3 Å². The van der Waals surface area contributed by atoms with Crippen molar-refractivity contribution in [2.24, 2.45) is 10.2 Å². The van der Waals surface area contributed by atoms with Crippen LogP contribution >= 0.6 is 11.6 Å². The molecule has 3 aromatic rings. The van der Waals surface area contributed by atoms with E-state index in [0.29, 0.717) is 28.9 Å². The van der Waals surface area contributed by atoms with Crippen LogP contribution in [0, 0.1) is 0 Å². The van der Waals surface area contributed by atoms with Crippen LogP contribution in [0.3, 0.4) is 0 Å². The number of hydrogen-bond donors (Lipinski definition) is 0. The van der Waals surface area contributed by atoms with Crippen LogP contribution in [0.4, 0.5) is 11.5 Å². The van der Waals surface area contributed by atoms with Crippen LogP contribution in [0.15, 0.2) is 52.8 Å². The van der Waals surface area contributed by atoms with E-state index in [2.05, 4.69) is 31.0 Å². The SMILES string of the molecule is CCOc1ccccc1N=Nc1c(C(C)(C)C)nc2ccc(Cl)cn12. The number of azo groups is 1. The van der Waals surface area contributed by atoms with Gasteiger partial charge in [0.2, 0.25) is 0 Å². The Morgan fingerprint density at radius 3 is 2.60 bits per heavy atom. The van der Waals surface area contributed by atoms with Crippen LogP contribution < -0.4 is 4.74 Å². The summed E-state index contributed by atoms with van der Waals surface area (Å²) in [6.45, 7) is 8.82. The van der Waals surface area contributed by atoms with Gasteiger partial charge in [-0.15, -0.1) is 10.2 Å². The number of halogens is 1. The second-order valence-electron chi connectivity index (χ2n) is 6.71. The van der Waals surface area contributed by atoms with E-state index in [1.165, 1.54) is 0 Å². The van der Waals surface area contributed by atoms with E-state index in [-0.39, 0.29) is 5.41 Å². The predicted molar refractivity (Wildman–Crippen MR) is 101 cm³/mol. The highest BCUT2D eigenvalue weighted by atomic mass is 35.5. The highest BCUT2D eigenvalue weighted by Crippen LogP contribution is 2.35. The second kappa shape index (κ2) is 6.84. The number of imidazole rings is 1. The molecule has 0 aliphatic heterocycles. The Morgan fingerprint density at radius 2 is 1.88 bits per heavy atom. The van der Waals surface area contributed by atoms with Crippen molar-refractivity contribution in [2.45, 2.75) is 33.1 Å². The van der Waals surface area contributed by atoms with Gasteiger partial charge in [0, 0.05) is 11.6 Å². The highest BCUT2D eigenvalue weighted by Gasteiger charge is 2.24. The smallest absolute Gasteiger partial charge is 0.183 e. The molecule has 2 heterocycles. The van der Waals surface area contributed by atoms with Gasteiger partial charge in [0.15, 0.2) is 5.82 Å². The van der Waals surface area contributed by atoms with Crippen molar-refractivity contribution in [3.63, 3.8) is 0 Å². The van der Waals surface area contributed by atoms with Crippen LogP contribution in [0.1, 0.15) is 33.4 Å². The molecule has 0 fully saturated rings. The first-order valence-electron chi connectivity index (χ1n) is 8.22. The third-order valence-corrected chi connectivity index (χ3v) is 3.91. The number of rotatable bonds is 4. The monoisotopic (exact) mass is 356 g/mol. The molecule has 0 aliphatic rings. The molecule has 0 aliphatic carbocycles. The molecule has 5 nitrogen and oxygen atoms in total. The summed E-state index contributed by atoms with van der Waals surface area (Å²) in [6, 6.07) is 11.3. The molecule has 130 valence electrons. The highest BCUT2D eigenvalue weighted by molar-refractivity contribution is 6.30. The van der Waals surface area contributed by atoms with Crippen LogP contribution in [0.2, 0.25) is 5.02 Å². The van der Waals surface area contributed by atoms with Gasteiger partial charge < -0.3 is 4.74 Å². The minimum atomic E-state index is -0.174. The van der Waals surface area contributed by atoms with Crippen molar-refractivity contribution in [1.82, 2.24) is 9.38 Å². The van der Waals surface area contributed by atoms with Crippen LogP contribution in [-0.2, 0) is 5.41 Å². The standard InChI is InChI=1S/C19H21ClN4O/c1-5-25-15-9-7-6-8-14(15)22-23-18-17(19(2,3)4)21-16-11-10-13(20)12-24(16)18/h6-12H,5H2,1-4H3. The Morgan fingerprint density at radius 1 is 1.12 bits per heavy atom. The summed E-state index contributed by atoms with van der Waals surface area (Å²) in [5.41, 5.74) is 2.17. The lowest BCUT2D eigenvalue weighted by Gasteiger charge is -2.15. The zero-order valence-corrected chi connectivity index (χ0v) is 15.6. The number of para-hydroxylation sites is 1. The van der Waals surface area contributed by atoms with Crippen molar-refractivity contribution in [3.05, 3.63) is 53.3 Å². The molecule has 0 atom stereocenters. The molecule has 1 aromatic carbocycles. The summed E-state index contributed by atoms with van der Waals surface area (Å²) in [4.78, 5) is 4.72. The molecule has 0 radical (unpaired) electrons. The number of pyridine rings is 1. The van der Waals surface area contributed by atoms with Crippen molar-refractivity contribution in [3.8, 4) is 5.75 Å². The van der Waals surface area contributed by atoms with Gasteiger partial charge in [-0.3, -0.25) is 4.40 Å². The first-order chi connectivity index (χ1) is 11.9. The lowest BCUT2D eigenvalue weighted by Crippen LogP contribution is -2.11. The molecular weight excluding hydrogens is 336 g/mol. The first-order valence-corrected chi connectivity index (χ1v) is 8.59. The van der Waals surface area contributed by atoms with Crippen molar-refractivity contribution >= 4 is 28.8 Å². The van der Waals surface area contributed by atoms with Crippen LogP contribution in [0.5, 0.6) is 5.75 Å². The maximum Gasteiger partial charge on any atom is 0.183 e. The van der Waals surface area contributed by atoms with Crippen LogP contribution in [0.25, 0.3) is 5.65 Å². The molecule has 3 rings (SSSR count). The largest absolute Gasteiger partial charge is 0.492 e. The molecule has 0 amide bonds. The van der Waals surface area contributed by atoms with Gasteiger partial charge in [0.05, 0.1) is 17.3 Å². The van der Waals surface area contributed by atoms with E-state index in [1.54, 1.807) is 0 Å². The van der Waals surface area contributed by atoms with E-state index in [4.69, 9.17) is 21.3 Å². The van der Waals surface area contributed by atoms with E-state index in [1.807, 2.05) is 53.9 Å². The molecule has 0 spiro atoms. The maximum atomic E-state index is 6.16. The fourth-order valence-electron chi connectivity index (χ4n) is 2.52. The molecule has 0 N–H and O–H groups in total. The number of aromatic nitrogens is 2. The summed E-state index contributed by atoms with van der Waals surface area (Å²) in [6.07, 6.45) is 1.81. The maximum absolute atomic E-state index is 6.16. The Kier molecular flexibility index (Phi) is 4.77. The predicted octanol–water partition coefficient (Wildman–Crippen LogP) is 6.10. The third kappa shape index (κ3) is 3.66. The molecule has 6 heteroatoms. The summed E-state index contributed by atoms with van der Waals surface area (Å²) < 4.78 is 7.48. The quantitative estimate of drug-likeness (QED) is 0.530. The zero-order chi connectivity index (χ0) is 18.0. The molecule has 25 heavy (non-hydrogen) atoms. The zero-order valence-electron chi connectivity index (χ0n) is 14.8. The number of fused-ring (bicyclic) bond motifs is 1. The number of nitrogens with zero attached hydrogens (tertiary/aromatic N) is 4. The fourth-order valence-corrected chi connectivity index (χ4v) is 2.68. The average Bonchev–Trinajstić information content (AvgIpc) is 2.92. The van der Waals surface area contributed by atoms with E-state index < -0.39 is 0 Å². The molecule has 2 aromatic heterocycles. The normalized spacial score (nSPS) is 12.2. The molecule has 0 unspecified atom stereocenters. The van der Waals surface area contributed by atoms with Crippen molar-refractivity contribution in [1.29, 1.82) is 0 Å². The summed E-state index contributed by atoms with van der Waals surface area (Å²) in [5, 5.41) is 9.54. The van der Waals surface area contributed by atoms with E-state index >= 15 is 0 Å². The Balaban J connectivity index is 2.13. The van der Waals surface area contributed by atoms with Crippen molar-refractivity contribution < 1.29 is 4.74 Å². The Hall–Kier alpha value is -2.40. The minimum Gasteiger partial charge on any atom is -0.492 e. The molecular formula is C19H21ClN4O. The number of hydrogen-bond acceptors (Lipinski definition) is 4. The molecule has 0 saturated heterocycles. The topological polar surface area (TPSA) is 51.2 Å². The number of ether oxygens (including phenoxy) is 1. The lowest BCUT2D eigenvalue weighted by atomic mass is 9.92. The summed E-state index contributed by atoms with van der Waals surface area (Å²) >= 11 is 6.16. The van der Waals surface area contributed by atoms with Crippen molar-refractivity contribution in [2.75, 3.05) is 6.61 Å². The second-order valence-corrected chi connectivity index (χ2v) is 7.15. The minimum absolute atomic E-state index is 0.174. The van der Waals surface area contributed by atoms with Gasteiger partial charge in [-0.05, 0) is 31.2 Å². The Bertz CT molecular complexity index is 925. The van der Waals surface area contributed by atoms with Gasteiger partial charge in [-0.1, -0.05) is 44.5 Å². The Labute approximate surface area is 152 Å². The molecule has 0 bridgehead atoms. The summed E-state index contributed by atoms with van der Waals surface area (Å²) in [5.74, 6) is 1.38. The summed E-state index contributed by atoms with van der Waals surface area (Å²) in [7, 11) is 0. The fraction of sp³-hybridized carbons (Fsp3) is 0.316.